The van der Waals surface area contributed by atoms with Crippen LogP contribution in [0.2, 0.25) is 0 Å². The summed E-state index contributed by atoms with van der Waals surface area (Å²) in [6.07, 6.45) is 7.67. The van der Waals surface area contributed by atoms with E-state index >= 15 is 0 Å². The molecule has 104 valence electrons. The zero-order chi connectivity index (χ0) is 13.5. The van der Waals surface area contributed by atoms with E-state index in [1.165, 1.54) is 38.3 Å². The van der Waals surface area contributed by atoms with Gasteiger partial charge in [-0.05, 0) is 47.6 Å². The van der Waals surface area contributed by atoms with E-state index in [2.05, 4.69) is 38.4 Å². The first-order valence-electron chi connectivity index (χ1n) is 6.54. The fourth-order valence-corrected chi connectivity index (χ4v) is 2.58. The Kier molecular flexibility index (Phi) is 5.84. The van der Waals surface area contributed by atoms with E-state index in [1.807, 2.05) is 6.07 Å². The summed E-state index contributed by atoms with van der Waals surface area (Å²) >= 11 is 2.08. The van der Waals surface area contributed by atoms with E-state index in [9.17, 15) is 4.79 Å². The second-order valence-electron chi connectivity index (χ2n) is 4.65. The summed E-state index contributed by atoms with van der Waals surface area (Å²) in [5.41, 5.74) is 2.49. The van der Waals surface area contributed by atoms with Gasteiger partial charge in [0.2, 0.25) is 0 Å². The number of hydrogen-bond acceptors (Lipinski definition) is 4. The average molecular weight is 375 g/mol. The molecule has 1 heterocycles. The second kappa shape index (κ2) is 7.64. The standard InChI is InChI=1S/C13H18IN3O2/c14-12-7-6-11(19-12)8-16-17-13(18)9-15-10-4-2-1-3-5-10/h6-8,10,15H,1-5,9H2,(H,17,18)/b16-8-. The minimum atomic E-state index is -0.122. The number of rotatable bonds is 5. The Labute approximate surface area is 126 Å². The van der Waals surface area contributed by atoms with Crippen LogP contribution in [0.3, 0.4) is 0 Å². The number of furan rings is 1. The number of hydrogen-bond donors (Lipinski definition) is 2. The van der Waals surface area contributed by atoms with Crippen LogP contribution in [0.1, 0.15) is 37.9 Å². The minimum Gasteiger partial charge on any atom is -0.449 e. The van der Waals surface area contributed by atoms with Crippen molar-refractivity contribution < 1.29 is 9.21 Å². The Morgan fingerprint density at radius 3 is 2.89 bits per heavy atom. The van der Waals surface area contributed by atoms with Gasteiger partial charge in [0.05, 0.1) is 12.8 Å². The Balaban J connectivity index is 1.65. The highest BCUT2D eigenvalue weighted by Crippen LogP contribution is 2.16. The smallest absolute Gasteiger partial charge is 0.254 e. The Hall–Kier alpha value is -0.890. The lowest BCUT2D eigenvalue weighted by molar-refractivity contribution is -0.120. The van der Waals surface area contributed by atoms with E-state index in [1.54, 1.807) is 6.07 Å². The first kappa shape index (κ1) is 14.5. The van der Waals surface area contributed by atoms with Gasteiger partial charge in [-0.25, -0.2) is 5.43 Å². The van der Waals surface area contributed by atoms with Gasteiger partial charge in [-0.2, -0.15) is 5.10 Å². The molecule has 0 aliphatic heterocycles. The van der Waals surface area contributed by atoms with Crippen LogP contribution in [0.25, 0.3) is 0 Å². The SMILES string of the molecule is O=C(CNC1CCCCC1)N/N=C\c1ccc(I)o1. The molecular formula is C13H18IN3O2. The first-order chi connectivity index (χ1) is 9.24. The van der Waals surface area contributed by atoms with Crippen molar-refractivity contribution in [3.63, 3.8) is 0 Å². The molecule has 19 heavy (non-hydrogen) atoms. The van der Waals surface area contributed by atoms with E-state index < -0.39 is 0 Å². The number of carbonyl (C=O) groups is 1. The Morgan fingerprint density at radius 1 is 1.42 bits per heavy atom. The molecule has 0 bridgehead atoms. The molecule has 0 unspecified atom stereocenters. The highest BCUT2D eigenvalue weighted by atomic mass is 127. The second-order valence-corrected chi connectivity index (χ2v) is 5.71. The zero-order valence-electron chi connectivity index (χ0n) is 10.7. The van der Waals surface area contributed by atoms with Gasteiger partial charge in [0.15, 0.2) is 3.77 Å². The third kappa shape index (κ3) is 5.32. The predicted molar refractivity (Wildman–Crippen MR) is 82.0 cm³/mol. The van der Waals surface area contributed by atoms with Crippen LogP contribution in [0, 0.1) is 3.77 Å². The maximum Gasteiger partial charge on any atom is 0.254 e. The number of hydrazone groups is 1. The molecule has 2 N–H and O–H groups in total. The Bertz CT molecular complexity index is 439. The average Bonchev–Trinajstić information content (AvgIpc) is 2.83. The molecular weight excluding hydrogens is 357 g/mol. The fourth-order valence-electron chi connectivity index (χ4n) is 2.15. The van der Waals surface area contributed by atoms with Crippen molar-refractivity contribution in [2.45, 2.75) is 38.1 Å². The summed E-state index contributed by atoms with van der Waals surface area (Å²) in [5, 5.41) is 7.12. The van der Waals surface area contributed by atoms with Crippen molar-refractivity contribution in [3.8, 4) is 0 Å². The van der Waals surface area contributed by atoms with Gasteiger partial charge >= 0.3 is 0 Å². The van der Waals surface area contributed by atoms with Crippen molar-refractivity contribution in [2.24, 2.45) is 5.10 Å². The summed E-state index contributed by atoms with van der Waals surface area (Å²) in [4.78, 5) is 11.6. The van der Waals surface area contributed by atoms with Crippen LogP contribution in [-0.2, 0) is 4.79 Å². The molecule has 0 atom stereocenters. The lowest BCUT2D eigenvalue weighted by Crippen LogP contribution is -2.38. The van der Waals surface area contributed by atoms with Crippen LogP contribution in [-0.4, -0.2) is 24.7 Å². The molecule has 0 saturated heterocycles. The maximum atomic E-state index is 11.6. The van der Waals surface area contributed by atoms with Gasteiger partial charge in [0.25, 0.3) is 5.91 Å². The van der Waals surface area contributed by atoms with E-state index in [0.717, 1.165) is 3.77 Å². The van der Waals surface area contributed by atoms with Crippen molar-refractivity contribution in [3.05, 3.63) is 21.7 Å². The minimum absolute atomic E-state index is 0.122. The molecule has 5 nitrogen and oxygen atoms in total. The van der Waals surface area contributed by atoms with Gasteiger partial charge in [-0.3, -0.25) is 4.79 Å². The van der Waals surface area contributed by atoms with E-state index in [0.29, 0.717) is 18.3 Å². The largest absolute Gasteiger partial charge is 0.449 e. The van der Waals surface area contributed by atoms with Crippen LogP contribution < -0.4 is 10.7 Å². The number of amides is 1. The number of halogens is 1. The summed E-state index contributed by atoms with van der Waals surface area (Å²) in [6, 6.07) is 4.13. The first-order valence-corrected chi connectivity index (χ1v) is 7.62. The van der Waals surface area contributed by atoms with Gasteiger partial charge < -0.3 is 9.73 Å². The molecule has 0 aromatic carbocycles. The van der Waals surface area contributed by atoms with Crippen molar-refractivity contribution in [2.75, 3.05) is 6.54 Å². The van der Waals surface area contributed by atoms with Crippen LogP contribution in [0.15, 0.2) is 21.7 Å². The third-order valence-electron chi connectivity index (χ3n) is 3.13. The van der Waals surface area contributed by atoms with Crippen LogP contribution in [0.4, 0.5) is 0 Å². The topological polar surface area (TPSA) is 66.6 Å². The number of nitrogens with zero attached hydrogens (tertiary/aromatic N) is 1. The van der Waals surface area contributed by atoms with Gasteiger partial charge in [-0.15, -0.1) is 0 Å². The molecule has 6 heteroatoms. The molecule has 1 aliphatic carbocycles. The van der Waals surface area contributed by atoms with Crippen LogP contribution in [0.5, 0.6) is 0 Å². The molecule has 1 aromatic rings. The fraction of sp³-hybridized carbons (Fsp3) is 0.538. The molecule has 1 saturated carbocycles. The molecule has 1 amide bonds. The number of nitrogens with one attached hydrogen (secondary N) is 2. The van der Waals surface area contributed by atoms with Crippen LogP contribution >= 0.6 is 22.6 Å². The molecule has 1 fully saturated rings. The van der Waals surface area contributed by atoms with Crippen molar-refractivity contribution in [1.82, 2.24) is 10.7 Å². The monoisotopic (exact) mass is 375 g/mol. The normalized spacial score (nSPS) is 16.9. The molecule has 2 rings (SSSR count). The predicted octanol–water partition coefficient (Wildman–Crippen LogP) is 2.26. The van der Waals surface area contributed by atoms with Gasteiger partial charge in [-0.1, -0.05) is 19.3 Å². The lowest BCUT2D eigenvalue weighted by atomic mass is 9.95. The van der Waals surface area contributed by atoms with Crippen molar-refractivity contribution >= 4 is 34.7 Å². The molecule has 0 spiro atoms. The highest BCUT2D eigenvalue weighted by Gasteiger charge is 2.13. The van der Waals surface area contributed by atoms with Crippen molar-refractivity contribution in [1.29, 1.82) is 0 Å². The molecule has 1 aliphatic rings. The third-order valence-corrected chi connectivity index (χ3v) is 3.71. The van der Waals surface area contributed by atoms with Gasteiger partial charge in [0, 0.05) is 6.04 Å². The van der Waals surface area contributed by atoms with E-state index in [4.69, 9.17) is 4.42 Å². The quantitative estimate of drug-likeness (QED) is 0.471. The molecule has 1 aromatic heterocycles. The summed E-state index contributed by atoms with van der Waals surface area (Å²) in [7, 11) is 0. The maximum absolute atomic E-state index is 11.6. The zero-order valence-corrected chi connectivity index (χ0v) is 12.9. The molecule has 0 radical (unpaired) electrons. The van der Waals surface area contributed by atoms with Gasteiger partial charge in [0.1, 0.15) is 5.76 Å². The summed E-state index contributed by atoms with van der Waals surface area (Å²) in [6.45, 7) is 0.317. The highest BCUT2D eigenvalue weighted by molar-refractivity contribution is 14.1. The lowest BCUT2D eigenvalue weighted by Gasteiger charge is -2.22. The summed E-state index contributed by atoms with van der Waals surface area (Å²) in [5.74, 6) is 0.507. The summed E-state index contributed by atoms with van der Waals surface area (Å²) < 4.78 is 6.09. The van der Waals surface area contributed by atoms with E-state index in [-0.39, 0.29) is 5.91 Å². The Morgan fingerprint density at radius 2 is 2.21 bits per heavy atom. The number of carbonyl (C=O) groups excluding carboxylic acids is 1.